The number of hydrogen-bond acceptors (Lipinski definition) is 4. The van der Waals surface area contributed by atoms with Gasteiger partial charge < -0.3 is 5.11 Å². The quantitative estimate of drug-likeness (QED) is 0.712. The van der Waals surface area contributed by atoms with Gasteiger partial charge in [-0.15, -0.1) is 0 Å². The summed E-state index contributed by atoms with van der Waals surface area (Å²) in [5.41, 5.74) is 1.03. The number of aromatic amines is 1. The lowest BCUT2D eigenvalue weighted by Crippen LogP contribution is -2.18. The summed E-state index contributed by atoms with van der Waals surface area (Å²) >= 11 is 0. The van der Waals surface area contributed by atoms with Crippen molar-refractivity contribution in [3.8, 4) is 5.75 Å². The Morgan fingerprint density at radius 3 is 2.75 bits per heavy atom. The minimum absolute atomic E-state index is 0.0330. The lowest BCUT2D eigenvalue weighted by Gasteiger charge is -2.04. The summed E-state index contributed by atoms with van der Waals surface area (Å²) in [7, 11) is -2.32. The van der Waals surface area contributed by atoms with Gasteiger partial charge in [0.2, 0.25) is 10.0 Å². The van der Waals surface area contributed by atoms with Gasteiger partial charge in [-0.1, -0.05) is 0 Å². The van der Waals surface area contributed by atoms with E-state index >= 15 is 0 Å². The van der Waals surface area contributed by atoms with E-state index in [0.29, 0.717) is 16.6 Å². The van der Waals surface area contributed by atoms with Crippen molar-refractivity contribution in [1.82, 2.24) is 14.9 Å². The molecule has 16 heavy (non-hydrogen) atoms. The minimum atomic E-state index is -3.63. The second-order valence-corrected chi connectivity index (χ2v) is 5.25. The summed E-state index contributed by atoms with van der Waals surface area (Å²) in [4.78, 5) is -0.0330. The zero-order valence-corrected chi connectivity index (χ0v) is 9.59. The molecule has 0 saturated carbocycles. The number of aryl methyl sites for hydroxylation is 1. The van der Waals surface area contributed by atoms with Gasteiger partial charge in [-0.3, -0.25) is 5.10 Å². The highest BCUT2D eigenvalue weighted by molar-refractivity contribution is 7.89. The molecule has 86 valence electrons. The lowest BCUT2D eigenvalue weighted by atomic mass is 10.2. The van der Waals surface area contributed by atoms with E-state index in [4.69, 9.17) is 0 Å². The molecule has 0 saturated heterocycles. The first-order chi connectivity index (χ1) is 7.45. The number of rotatable bonds is 2. The molecule has 0 amide bonds. The van der Waals surface area contributed by atoms with Crippen molar-refractivity contribution >= 4 is 20.9 Å². The standard InChI is InChI=1S/C9H11N3O3S/c1-5-7-3-6(13)4-8(9(7)12-11-5)16(14,15)10-2/h3-4,10,13H,1-2H3,(H,11,12). The molecule has 3 N–H and O–H groups in total. The van der Waals surface area contributed by atoms with Crippen LogP contribution in [0.3, 0.4) is 0 Å². The van der Waals surface area contributed by atoms with Crippen LogP contribution in [-0.2, 0) is 10.0 Å². The summed E-state index contributed by atoms with van der Waals surface area (Å²) in [6, 6.07) is 2.65. The third-order valence-corrected chi connectivity index (χ3v) is 3.79. The van der Waals surface area contributed by atoms with Crippen LogP contribution in [0.25, 0.3) is 10.9 Å². The summed E-state index contributed by atoms with van der Waals surface area (Å²) in [5, 5.41) is 16.7. The van der Waals surface area contributed by atoms with Crippen LogP contribution >= 0.6 is 0 Å². The molecule has 0 fully saturated rings. The fourth-order valence-corrected chi connectivity index (χ4v) is 2.42. The normalized spacial score (nSPS) is 12.1. The highest BCUT2D eigenvalue weighted by Crippen LogP contribution is 2.28. The van der Waals surface area contributed by atoms with Crippen LogP contribution in [0.2, 0.25) is 0 Å². The molecule has 2 aromatic rings. The van der Waals surface area contributed by atoms with E-state index in [1.165, 1.54) is 19.2 Å². The Morgan fingerprint density at radius 2 is 2.12 bits per heavy atom. The smallest absolute Gasteiger partial charge is 0.242 e. The van der Waals surface area contributed by atoms with Gasteiger partial charge in [-0.25, -0.2) is 13.1 Å². The number of nitrogens with one attached hydrogen (secondary N) is 2. The summed E-state index contributed by atoms with van der Waals surface area (Å²) in [6.07, 6.45) is 0. The van der Waals surface area contributed by atoms with Crippen LogP contribution in [0.15, 0.2) is 17.0 Å². The average molecular weight is 241 g/mol. The van der Waals surface area contributed by atoms with E-state index in [9.17, 15) is 13.5 Å². The molecule has 1 aromatic heterocycles. The summed E-state index contributed by atoms with van der Waals surface area (Å²) < 4.78 is 25.6. The molecular formula is C9H11N3O3S. The largest absolute Gasteiger partial charge is 0.508 e. The van der Waals surface area contributed by atoms with Crippen LogP contribution < -0.4 is 4.72 Å². The minimum Gasteiger partial charge on any atom is -0.508 e. The Labute approximate surface area is 92.3 Å². The van der Waals surface area contributed by atoms with Gasteiger partial charge in [-0.2, -0.15) is 5.10 Å². The second kappa shape index (κ2) is 3.46. The fourth-order valence-electron chi connectivity index (χ4n) is 1.51. The monoisotopic (exact) mass is 241 g/mol. The lowest BCUT2D eigenvalue weighted by molar-refractivity contribution is 0.474. The van der Waals surface area contributed by atoms with Crippen molar-refractivity contribution < 1.29 is 13.5 Å². The first-order valence-electron chi connectivity index (χ1n) is 4.57. The molecule has 0 aliphatic rings. The fraction of sp³-hybridized carbons (Fsp3) is 0.222. The molecule has 6 nitrogen and oxygen atoms in total. The third kappa shape index (κ3) is 1.54. The highest BCUT2D eigenvalue weighted by atomic mass is 32.2. The Kier molecular flexibility index (Phi) is 2.36. The number of phenolic OH excluding ortho intramolecular Hbond substituents is 1. The molecule has 2 rings (SSSR count). The molecule has 0 aliphatic heterocycles. The number of phenols is 1. The van der Waals surface area contributed by atoms with E-state index in [2.05, 4.69) is 14.9 Å². The van der Waals surface area contributed by atoms with E-state index in [1.54, 1.807) is 6.92 Å². The molecule has 1 aromatic carbocycles. The highest BCUT2D eigenvalue weighted by Gasteiger charge is 2.19. The second-order valence-electron chi connectivity index (χ2n) is 3.40. The molecule has 0 atom stereocenters. The SMILES string of the molecule is CNS(=O)(=O)c1cc(O)cc2c(C)[nH]nc12. The van der Waals surface area contributed by atoms with Crippen LogP contribution in [0.1, 0.15) is 5.69 Å². The molecule has 0 spiro atoms. The van der Waals surface area contributed by atoms with Crippen molar-refractivity contribution in [3.63, 3.8) is 0 Å². The van der Waals surface area contributed by atoms with Crippen LogP contribution in [0.4, 0.5) is 0 Å². The Hall–Kier alpha value is -1.60. The number of aromatic nitrogens is 2. The van der Waals surface area contributed by atoms with E-state index in [-0.39, 0.29) is 10.6 Å². The molecule has 0 bridgehead atoms. The van der Waals surface area contributed by atoms with Gasteiger partial charge in [0.15, 0.2) is 0 Å². The van der Waals surface area contributed by atoms with Gasteiger partial charge in [-0.05, 0) is 20.0 Å². The number of benzene rings is 1. The average Bonchev–Trinajstić information content (AvgIpc) is 2.59. The van der Waals surface area contributed by atoms with E-state index < -0.39 is 10.0 Å². The van der Waals surface area contributed by atoms with Gasteiger partial charge >= 0.3 is 0 Å². The predicted octanol–water partition coefficient (Wildman–Crippen LogP) is 0.485. The summed E-state index contributed by atoms with van der Waals surface area (Å²) in [5.74, 6) is -0.106. The van der Waals surface area contributed by atoms with Gasteiger partial charge in [0.05, 0.1) is 0 Å². The zero-order chi connectivity index (χ0) is 11.9. The van der Waals surface area contributed by atoms with Crippen molar-refractivity contribution in [2.75, 3.05) is 7.05 Å². The Morgan fingerprint density at radius 1 is 1.44 bits per heavy atom. The number of H-pyrrole nitrogens is 1. The van der Waals surface area contributed by atoms with Crippen LogP contribution in [0, 0.1) is 6.92 Å². The number of sulfonamides is 1. The van der Waals surface area contributed by atoms with Gasteiger partial charge in [0.1, 0.15) is 16.2 Å². The maximum Gasteiger partial charge on any atom is 0.242 e. The molecule has 0 unspecified atom stereocenters. The first-order valence-corrected chi connectivity index (χ1v) is 6.05. The molecule has 1 heterocycles. The summed E-state index contributed by atoms with van der Waals surface area (Å²) in [6.45, 7) is 1.75. The zero-order valence-electron chi connectivity index (χ0n) is 8.77. The topological polar surface area (TPSA) is 95.1 Å². The third-order valence-electron chi connectivity index (χ3n) is 2.36. The first kappa shape index (κ1) is 10.9. The van der Waals surface area contributed by atoms with Crippen LogP contribution in [-0.4, -0.2) is 30.8 Å². The molecular weight excluding hydrogens is 230 g/mol. The molecule has 7 heteroatoms. The van der Waals surface area contributed by atoms with Gasteiger partial charge in [0, 0.05) is 17.1 Å². The Balaban J connectivity index is 2.89. The maximum atomic E-state index is 11.7. The Bertz CT molecular complexity index is 645. The maximum absolute atomic E-state index is 11.7. The number of nitrogens with zero attached hydrogens (tertiary/aromatic N) is 1. The number of hydrogen-bond donors (Lipinski definition) is 3. The van der Waals surface area contributed by atoms with Crippen molar-refractivity contribution in [3.05, 3.63) is 17.8 Å². The molecule has 0 aliphatic carbocycles. The number of aromatic hydroxyl groups is 1. The van der Waals surface area contributed by atoms with E-state index in [1.807, 2.05) is 0 Å². The number of fused-ring (bicyclic) bond motifs is 1. The van der Waals surface area contributed by atoms with Crippen molar-refractivity contribution in [2.45, 2.75) is 11.8 Å². The van der Waals surface area contributed by atoms with Crippen LogP contribution in [0.5, 0.6) is 5.75 Å². The van der Waals surface area contributed by atoms with Crippen molar-refractivity contribution in [1.29, 1.82) is 0 Å². The van der Waals surface area contributed by atoms with Crippen molar-refractivity contribution in [2.24, 2.45) is 0 Å². The van der Waals surface area contributed by atoms with Gasteiger partial charge in [0.25, 0.3) is 0 Å². The molecule has 0 radical (unpaired) electrons. The van der Waals surface area contributed by atoms with E-state index in [0.717, 1.165) is 0 Å². The predicted molar refractivity (Wildman–Crippen MR) is 58.7 cm³/mol.